The third-order valence-electron chi connectivity index (χ3n) is 3.69. The van der Waals surface area contributed by atoms with E-state index >= 15 is 0 Å². The van der Waals surface area contributed by atoms with Crippen LogP contribution in [-0.4, -0.2) is 37.5 Å². The van der Waals surface area contributed by atoms with Gasteiger partial charge in [0, 0.05) is 6.42 Å². The Bertz CT molecular complexity index is 202. The van der Waals surface area contributed by atoms with Gasteiger partial charge in [-0.1, -0.05) is 6.92 Å². The molecule has 0 aliphatic carbocycles. The second kappa shape index (κ2) is 4.81. The van der Waals surface area contributed by atoms with E-state index in [1.807, 2.05) is 0 Å². The summed E-state index contributed by atoms with van der Waals surface area (Å²) in [7, 11) is 0. The molecule has 2 rings (SSSR count). The summed E-state index contributed by atoms with van der Waals surface area (Å²) in [5.41, 5.74) is 0.142. The zero-order chi connectivity index (χ0) is 10.7. The molecule has 0 saturated carbocycles. The molecule has 3 nitrogen and oxygen atoms in total. The monoisotopic (exact) mass is 213 g/mol. The lowest BCUT2D eigenvalue weighted by atomic mass is 9.89. The van der Waals surface area contributed by atoms with Crippen LogP contribution in [0.15, 0.2) is 0 Å². The summed E-state index contributed by atoms with van der Waals surface area (Å²) in [4.78, 5) is 0. The molecule has 2 fully saturated rings. The van der Waals surface area contributed by atoms with Crippen LogP contribution in [0, 0.1) is 0 Å². The van der Waals surface area contributed by atoms with Gasteiger partial charge >= 0.3 is 0 Å². The van der Waals surface area contributed by atoms with Gasteiger partial charge in [-0.05, 0) is 39.3 Å². The van der Waals surface area contributed by atoms with E-state index in [-0.39, 0.29) is 5.60 Å². The Hall–Kier alpha value is -0.120. The zero-order valence-electron chi connectivity index (χ0n) is 9.92. The van der Waals surface area contributed by atoms with Crippen molar-refractivity contribution in [2.45, 2.75) is 57.3 Å². The highest BCUT2D eigenvalue weighted by Gasteiger charge is 2.41. The summed E-state index contributed by atoms with van der Waals surface area (Å²) in [6, 6.07) is 0. The zero-order valence-corrected chi connectivity index (χ0v) is 9.92. The van der Waals surface area contributed by atoms with Crippen LogP contribution >= 0.6 is 0 Å². The number of hydrogen-bond donors (Lipinski definition) is 1. The summed E-state index contributed by atoms with van der Waals surface area (Å²) in [6.07, 6.45) is 5.18. The number of nitrogens with one attached hydrogen (secondary N) is 1. The fraction of sp³-hybridized carbons (Fsp3) is 1.00. The minimum atomic E-state index is 0.142. The van der Waals surface area contributed by atoms with Gasteiger partial charge in [-0.15, -0.1) is 0 Å². The maximum atomic E-state index is 5.97. The maximum absolute atomic E-state index is 5.97. The van der Waals surface area contributed by atoms with Gasteiger partial charge < -0.3 is 14.8 Å². The largest absolute Gasteiger partial charge is 0.373 e. The number of piperidine rings is 1. The van der Waals surface area contributed by atoms with Crippen molar-refractivity contribution in [3.05, 3.63) is 0 Å². The van der Waals surface area contributed by atoms with Gasteiger partial charge in [0.1, 0.15) is 0 Å². The molecule has 0 aromatic carbocycles. The van der Waals surface area contributed by atoms with Crippen LogP contribution in [0.4, 0.5) is 0 Å². The first-order chi connectivity index (χ1) is 7.24. The maximum Gasteiger partial charge on any atom is 0.0839 e. The molecular formula is C12H23NO2. The molecule has 1 spiro atoms. The molecule has 0 aromatic rings. The Morgan fingerprint density at radius 2 is 2.20 bits per heavy atom. The normalized spacial score (nSPS) is 32.0. The summed E-state index contributed by atoms with van der Waals surface area (Å²) in [5.74, 6) is 0. The van der Waals surface area contributed by atoms with Crippen LogP contribution in [0.3, 0.4) is 0 Å². The molecule has 0 radical (unpaired) electrons. The van der Waals surface area contributed by atoms with Crippen molar-refractivity contribution in [3.8, 4) is 0 Å². The first kappa shape index (κ1) is 11.4. The SMILES string of the molecule is CCC(C)OC1COC2(CCNCC2)C1. The van der Waals surface area contributed by atoms with Crippen LogP contribution < -0.4 is 5.32 Å². The van der Waals surface area contributed by atoms with Crippen LogP contribution in [0.2, 0.25) is 0 Å². The van der Waals surface area contributed by atoms with E-state index in [0.29, 0.717) is 12.2 Å². The van der Waals surface area contributed by atoms with Crippen molar-refractivity contribution >= 4 is 0 Å². The minimum Gasteiger partial charge on any atom is -0.373 e. The van der Waals surface area contributed by atoms with Crippen LogP contribution in [0.25, 0.3) is 0 Å². The second-order valence-corrected chi connectivity index (χ2v) is 4.93. The minimum absolute atomic E-state index is 0.142. The molecule has 3 heteroatoms. The van der Waals surface area contributed by atoms with Gasteiger partial charge in [-0.3, -0.25) is 0 Å². The van der Waals surface area contributed by atoms with Gasteiger partial charge in [0.15, 0.2) is 0 Å². The van der Waals surface area contributed by atoms with Gasteiger partial charge in [0.2, 0.25) is 0 Å². The van der Waals surface area contributed by atoms with E-state index in [2.05, 4.69) is 19.2 Å². The standard InChI is InChI=1S/C12H23NO2/c1-3-10(2)15-11-8-12(14-9-11)4-6-13-7-5-12/h10-11,13H,3-9H2,1-2H3. The molecule has 0 amide bonds. The highest BCUT2D eigenvalue weighted by molar-refractivity contribution is 4.93. The fourth-order valence-corrected chi connectivity index (χ4v) is 2.55. The van der Waals surface area contributed by atoms with Crippen molar-refractivity contribution in [2.24, 2.45) is 0 Å². The van der Waals surface area contributed by atoms with E-state index in [9.17, 15) is 0 Å². The lowest BCUT2D eigenvalue weighted by Crippen LogP contribution is -2.41. The number of hydrogen-bond acceptors (Lipinski definition) is 3. The molecule has 2 saturated heterocycles. The summed E-state index contributed by atoms with van der Waals surface area (Å²) in [5, 5.41) is 3.38. The second-order valence-electron chi connectivity index (χ2n) is 4.93. The third-order valence-corrected chi connectivity index (χ3v) is 3.69. The van der Waals surface area contributed by atoms with Crippen LogP contribution in [-0.2, 0) is 9.47 Å². The molecule has 0 aromatic heterocycles. The Kier molecular flexibility index (Phi) is 3.65. The fourth-order valence-electron chi connectivity index (χ4n) is 2.55. The molecule has 2 atom stereocenters. The molecule has 0 bridgehead atoms. The quantitative estimate of drug-likeness (QED) is 0.774. The summed E-state index contributed by atoms with van der Waals surface area (Å²) in [6.45, 7) is 7.30. The summed E-state index contributed by atoms with van der Waals surface area (Å²) >= 11 is 0. The van der Waals surface area contributed by atoms with E-state index in [1.54, 1.807) is 0 Å². The Labute approximate surface area is 92.5 Å². The van der Waals surface area contributed by atoms with Crippen molar-refractivity contribution in [1.82, 2.24) is 5.32 Å². The van der Waals surface area contributed by atoms with Gasteiger partial charge in [0.25, 0.3) is 0 Å². The van der Waals surface area contributed by atoms with E-state index in [4.69, 9.17) is 9.47 Å². The predicted octanol–water partition coefficient (Wildman–Crippen LogP) is 1.71. The van der Waals surface area contributed by atoms with Gasteiger partial charge in [-0.25, -0.2) is 0 Å². The molecule has 2 aliphatic heterocycles. The lowest BCUT2D eigenvalue weighted by molar-refractivity contribution is -0.0299. The van der Waals surface area contributed by atoms with E-state index < -0.39 is 0 Å². The van der Waals surface area contributed by atoms with Crippen LogP contribution in [0.1, 0.15) is 39.5 Å². The van der Waals surface area contributed by atoms with Gasteiger partial charge in [-0.2, -0.15) is 0 Å². The summed E-state index contributed by atoms with van der Waals surface area (Å²) < 4.78 is 11.9. The van der Waals surface area contributed by atoms with Crippen LogP contribution in [0.5, 0.6) is 0 Å². The van der Waals surface area contributed by atoms with Crippen molar-refractivity contribution in [2.75, 3.05) is 19.7 Å². The van der Waals surface area contributed by atoms with Crippen molar-refractivity contribution < 1.29 is 9.47 Å². The average Bonchev–Trinajstić information content (AvgIpc) is 2.62. The lowest BCUT2D eigenvalue weighted by Gasteiger charge is -2.32. The molecule has 1 N–H and O–H groups in total. The Morgan fingerprint density at radius 3 is 2.87 bits per heavy atom. The molecule has 2 heterocycles. The third kappa shape index (κ3) is 2.71. The first-order valence-electron chi connectivity index (χ1n) is 6.24. The Morgan fingerprint density at radius 1 is 1.47 bits per heavy atom. The molecule has 2 aliphatic rings. The first-order valence-corrected chi connectivity index (χ1v) is 6.24. The number of ether oxygens (including phenoxy) is 2. The molecule has 88 valence electrons. The molecule has 15 heavy (non-hydrogen) atoms. The number of rotatable bonds is 3. The highest BCUT2D eigenvalue weighted by Crippen LogP contribution is 2.35. The Balaban J connectivity index is 1.82. The van der Waals surface area contributed by atoms with Gasteiger partial charge in [0.05, 0.1) is 24.4 Å². The van der Waals surface area contributed by atoms with E-state index in [0.717, 1.165) is 45.4 Å². The molecular weight excluding hydrogens is 190 g/mol. The average molecular weight is 213 g/mol. The topological polar surface area (TPSA) is 30.5 Å². The van der Waals surface area contributed by atoms with Crippen molar-refractivity contribution in [3.63, 3.8) is 0 Å². The van der Waals surface area contributed by atoms with E-state index in [1.165, 1.54) is 0 Å². The van der Waals surface area contributed by atoms with Crippen molar-refractivity contribution in [1.29, 1.82) is 0 Å². The highest BCUT2D eigenvalue weighted by atomic mass is 16.6. The smallest absolute Gasteiger partial charge is 0.0839 e. The molecule has 2 unspecified atom stereocenters. The predicted molar refractivity (Wildman–Crippen MR) is 60.0 cm³/mol.